The molecule has 0 saturated carbocycles. The summed E-state index contributed by atoms with van der Waals surface area (Å²) in [6.45, 7) is 10.4. The predicted molar refractivity (Wildman–Crippen MR) is 326 cm³/mol. The van der Waals surface area contributed by atoms with Crippen molar-refractivity contribution in [2.24, 2.45) is 0 Å². The van der Waals surface area contributed by atoms with E-state index in [-0.39, 0.29) is 18.6 Å². The Kier molecular flexibility index (Phi) is 21.6. The summed E-state index contributed by atoms with van der Waals surface area (Å²) in [6, 6.07) is 67.4. The standard InChI is InChI=1S/C26H24.C20H21N3.C18H18N4.H4P2.V/c1-3-4-22-9-11-24(12-10-22)15-16-26-19-17-25(18-20-26)14-13-23-7-5-21(2)6-8-23;1-15-3-5-17(6-4-15)22-19-11-13-20(14-12-19)23-18-9-7-16(21-2)8-10-18;1-11-3-5-13(19-11)15-7-9-17(21-15)18-10-8-16(22-18)14-6-4-12(2)20-14;1-2;/h3-20H,1-2H3;3-14,21-23H,1-2H3;3-10,19-22H,1-2H3;1-2H2;/b4-3+,14-13+,16-15+;;;;. The maximum Gasteiger partial charge on any atom is 0.0624 e. The second kappa shape index (κ2) is 28.7. The zero-order chi connectivity index (χ0) is 51.4. The third-order valence-corrected chi connectivity index (χ3v) is 11.8. The molecule has 4 aromatic heterocycles. The van der Waals surface area contributed by atoms with Crippen LogP contribution in [0.5, 0.6) is 0 Å². The quantitative estimate of drug-likeness (QED) is 0.0463. The van der Waals surface area contributed by atoms with E-state index in [2.05, 4.69) is 312 Å². The molecule has 10 aromatic rings. The largest absolute Gasteiger partial charge is 0.388 e. The van der Waals surface area contributed by atoms with Gasteiger partial charge in [0.25, 0.3) is 0 Å². The third-order valence-electron chi connectivity index (χ3n) is 11.8. The van der Waals surface area contributed by atoms with E-state index in [9.17, 15) is 0 Å². The first kappa shape index (κ1) is 55.8. The molecule has 2 atom stereocenters. The second-order valence-corrected chi connectivity index (χ2v) is 17.6. The van der Waals surface area contributed by atoms with Gasteiger partial charge in [0, 0.05) is 65.4 Å². The maximum atomic E-state index is 3.46. The first-order valence-corrected chi connectivity index (χ1v) is 27.1. The minimum atomic E-state index is 0. The molecule has 10 heteroatoms. The van der Waals surface area contributed by atoms with Crippen molar-refractivity contribution in [1.29, 1.82) is 0 Å². The summed E-state index contributed by atoms with van der Waals surface area (Å²) in [4.78, 5) is 13.6. The molecule has 7 N–H and O–H groups in total. The van der Waals surface area contributed by atoms with E-state index in [1.165, 1.54) is 38.9 Å². The van der Waals surface area contributed by atoms with Gasteiger partial charge < -0.3 is 35.9 Å². The fraction of sp³-hybridized carbons (Fsp3) is 0.0938. The van der Waals surface area contributed by atoms with Crippen LogP contribution in [-0.2, 0) is 18.6 Å². The summed E-state index contributed by atoms with van der Waals surface area (Å²) in [6.07, 6.45) is 12.8. The molecule has 6 aromatic carbocycles. The molecule has 74 heavy (non-hydrogen) atoms. The van der Waals surface area contributed by atoms with Crippen molar-refractivity contribution in [2.75, 3.05) is 23.0 Å². The molecule has 7 nitrogen and oxygen atoms in total. The molecule has 0 aliphatic heterocycles. The molecule has 0 bridgehead atoms. The van der Waals surface area contributed by atoms with Crippen LogP contribution >= 0.6 is 17.9 Å². The summed E-state index contributed by atoms with van der Waals surface area (Å²) in [5, 5.41) is 9.92. The number of aromatic amines is 4. The number of benzene rings is 6. The molecule has 4 heterocycles. The van der Waals surface area contributed by atoms with Crippen molar-refractivity contribution in [3.05, 3.63) is 251 Å². The monoisotopic (exact) mass is 1050 g/mol. The zero-order valence-electron chi connectivity index (χ0n) is 43.0. The Labute approximate surface area is 454 Å². The second-order valence-electron chi connectivity index (χ2n) is 17.6. The molecule has 10 rings (SSSR count). The Morgan fingerprint density at radius 3 is 0.838 bits per heavy atom. The molecule has 0 saturated heterocycles. The Hall–Kier alpha value is -7.50. The smallest absolute Gasteiger partial charge is 0.0624 e. The van der Waals surface area contributed by atoms with Gasteiger partial charge in [-0.2, -0.15) is 0 Å². The fourth-order valence-corrected chi connectivity index (χ4v) is 7.76. The summed E-state index contributed by atoms with van der Waals surface area (Å²) in [5.41, 5.74) is 22.9. The molecule has 1 radical (unpaired) electrons. The Morgan fingerprint density at radius 2 is 0.554 bits per heavy atom. The van der Waals surface area contributed by atoms with Gasteiger partial charge in [0.15, 0.2) is 0 Å². The Balaban J connectivity index is 0.000000177. The van der Waals surface area contributed by atoms with Crippen LogP contribution in [0, 0.1) is 27.7 Å². The minimum absolute atomic E-state index is 0. The molecule has 373 valence electrons. The fourth-order valence-electron chi connectivity index (χ4n) is 7.76. The van der Waals surface area contributed by atoms with Gasteiger partial charge in [-0.25, -0.2) is 0 Å². The van der Waals surface area contributed by atoms with Gasteiger partial charge in [0.2, 0.25) is 0 Å². The van der Waals surface area contributed by atoms with Crippen molar-refractivity contribution >= 4 is 76.7 Å². The van der Waals surface area contributed by atoms with E-state index >= 15 is 0 Å². The maximum absolute atomic E-state index is 3.46. The van der Waals surface area contributed by atoms with Gasteiger partial charge in [-0.05, 0) is 172 Å². The Morgan fingerprint density at radius 1 is 0.311 bits per heavy atom. The number of aryl methyl sites for hydroxylation is 4. The number of rotatable bonds is 13. The summed E-state index contributed by atoms with van der Waals surface area (Å²) < 4.78 is 0. The van der Waals surface area contributed by atoms with E-state index in [0.29, 0.717) is 0 Å². The average Bonchev–Trinajstić information content (AvgIpc) is 4.28. The van der Waals surface area contributed by atoms with E-state index in [4.69, 9.17) is 0 Å². The van der Waals surface area contributed by atoms with Gasteiger partial charge >= 0.3 is 0 Å². The van der Waals surface area contributed by atoms with E-state index < -0.39 is 0 Å². The summed E-state index contributed by atoms with van der Waals surface area (Å²) in [5.74, 6) is 0. The molecule has 0 aliphatic carbocycles. The van der Waals surface area contributed by atoms with Crippen molar-refractivity contribution in [3.8, 4) is 34.2 Å². The molecule has 0 aliphatic rings. The van der Waals surface area contributed by atoms with Gasteiger partial charge in [-0.15, -0.1) is 17.9 Å². The summed E-state index contributed by atoms with van der Waals surface area (Å²) >= 11 is 0. The van der Waals surface area contributed by atoms with Crippen molar-refractivity contribution in [1.82, 2.24) is 19.9 Å². The van der Waals surface area contributed by atoms with Gasteiger partial charge in [0.1, 0.15) is 0 Å². The van der Waals surface area contributed by atoms with Gasteiger partial charge in [-0.1, -0.05) is 133 Å². The SMILES string of the molecule is C/C=C/c1ccc(/C=C/c2ccc(/C=C/c3ccc(C)cc3)cc2)cc1.CNc1ccc(Nc2ccc(Nc3ccc(C)cc3)cc2)cc1.Cc1ccc(-c2ccc(-c3ccc(-c4ccc(C)[nH]4)[nH]3)[nH]2)[nH]1.PP.[V]. The van der Waals surface area contributed by atoms with Crippen molar-refractivity contribution < 1.29 is 18.6 Å². The van der Waals surface area contributed by atoms with Crippen LogP contribution in [0.2, 0.25) is 0 Å². The average molecular weight is 1050 g/mol. The number of aromatic nitrogens is 4. The van der Waals surface area contributed by atoms with Crippen LogP contribution < -0.4 is 16.0 Å². The number of allylic oxidation sites excluding steroid dienone is 1. The van der Waals surface area contributed by atoms with Crippen LogP contribution in [0.15, 0.2) is 200 Å². The van der Waals surface area contributed by atoms with Crippen LogP contribution in [0.1, 0.15) is 57.3 Å². The van der Waals surface area contributed by atoms with E-state index in [0.717, 1.165) is 74.0 Å². The third kappa shape index (κ3) is 17.1. The van der Waals surface area contributed by atoms with Crippen LogP contribution in [-0.4, -0.2) is 27.0 Å². The molecule has 0 amide bonds. The number of anilines is 5. The Bertz CT molecular complexity index is 3230. The molecule has 0 spiro atoms. The van der Waals surface area contributed by atoms with Crippen LogP contribution in [0.4, 0.5) is 28.4 Å². The molecular weight excluding hydrogens is 980 g/mol. The topological polar surface area (TPSA) is 99.2 Å². The number of hydrogen-bond acceptors (Lipinski definition) is 3. The summed E-state index contributed by atoms with van der Waals surface area (Å²) in [7, 11) is 6.59. The van der Waals surface area contributed by atoms with Gasteiger partial charge in [-0.3, -0.25) is 0 Å². The number of hydrogen-bond donors (Lipinski definition) is 7. The number of nitrogens with one attached hydrogen (secondary N) is 7. The first-order valence-electron chi connectivity index (χ1n) is 24.4. The molecular formula is C64H67N7P2V. The van der Waals surface area contributed by atoms with E-state index in [1.54, 1.807) is 0 Å². The van der Waals surface area contributed by atoms with Crippen LogP contribution in [0.3, 0.4) is 0 Å². The normalized spacial score (nSPS) is 10.7. The predicted octanol–water partition coefficient (Wildman–Crippen LogP) is 18.2. The number of H-pyrrole nitrogens is 4. The van der Waals surface area contributed by atoms with Crippen molar-refractivity contribution in [3.63, 3.8) is 0 Å². The van der Waals surface area contributed by atoms with E-state index in [1.807, 2.05) is 14.0 Å². The van der Waals surface area contributed by atoms with Crippen LogP contribution in [0.25, 0.3) is 64.5 Å². The van der Waals surface area contributed by atoms with Crippen molar-refractivity contribution in [2.45, 2.75) is 34.6 Å². The van der Waals surface area contributed by atoms with Gasteiger partial charge in [0.05, 0.1) is 34.2 Å². The minimum Gasteiger partial charge on any atom is -0.388 e. The molecule has 0 fully saturated rings. The molecule has 2 unspecified atom stereocenters. The zero-order valence-corrected chi connectivity index (χ0v) is 46.7. The first-order chi connectivity index (χ1) is 35.6.